The minimum atomic E-state index is -3.71. The molecule has 2 aromatic carbocycles. The molecule has 216 valence electrons. The van der Waals surface area contributed by atoms with E-state index in [0.717, 1.165) is 36.6 Å². The lowest BCUT2D eigenvalue weighted by molar-refractivity contribution is 0.210. The second-order valence-electron chi connectivity index (χ2n) is 11.5. The highest BCUT2D eigenvalue weighted by Crippen LogP contribution is 2.29. The summed E-state index contributed by atoms with van der Waals surface area (Å²) in [5.41, 5.74) is 1.74. The monoisotopic (exact) mass is 566 g/mol. The zero-order valence-corrected chi connectivity index (χ0v) is 25.3. The lowest BCUT2D eigenvalue weighted by atomic mass is 10.1. The molecule has 1 aliphatic rings. The second-order valence-corrected chi connectivity index (χ2v) is 13.3. The van der Waals surface area contributed by atoms with Crippen LogP contribution in [0.1, 0.15) is 53.0 Å². The van der Waals surface area contributed by atoms with Crippen LogP contribution in [-0.4, -0.2) is 65.4 Å². The van der Waals surface area contributed by atoms with Crippen molar-refractivity contribution in [2.45, 2.75) is 70.9 Å². The highest BCUT2D eigenvalue weighted by Gasteiger charge is 2.36. The molecule has 0 atom stereocenters. The largest absolute Gasteiger partial charge is 0.492 e. The van der Waals surface area contributed by atoms with Gasteiger partial charge in [-0.05, 0) is 110 Å². The zero-order chi connectivity index (χ0) is 28.9. The maximum absolute atomic E-state index is 13.5. The smallest absolute Gasteiger partial charge is 0.243 e. The maximum atomic E-state index is 13.5. The molecule has 0 amide bonds. The highest BCUT2D eigenvalue weighted by atomic mass is 32.2. The Balaban J connectivity index is 1.44. The van der Waals surface area contributed by atoms with Crippen molar-refractivity contribution in [3.05, 3.63) is 60.3 Å². The second kappa shape index (κ2) is 12.5. The lowest BCUT2D eigenvalue weighted by Crippen LogP contribution is -2.49. The summed E-state index contributed by atoms with van der Waals surface area (Å²) in [5, 5.41) is 6.51. The summed E-state index contributed by atoms with van der Waals surface area (Å²) >= 11 is 0. The quantitative estimate of drug-likeness (QED) is 0.294. The van der Waals surface area contributed by atoms with Crippen LogP contribution >= 0.6 is 0 Å². The average molecular weight is 567 g/mol. The number of aromatic nitrogens is 2. The fraction of sp³-hybridized carbons (Fsp3) is 0.467. The summed E-state index contributed by atoms with van der Waals surface area (Å²) in [6.45, 7) is 15.4. The van der Waals surface area contributed by atoms with Gasteiger partial charge in [-0.3, -0.25) is 4.90 Å². The molecule has 0 spiro atoms. The number of likely N-dealkylation sites (tertiary alicyclic amines) is 1. The fourth-order valence-corrected chi connectivity index (χ4v) is 7.12. The van der Waals surface area contributed by atoms with E-state index in [0.29, 0.717) is 24.1 Å². The number of anilines is 4. The molecule has 3 aromatic rings. The Morgan fingerprint density at radius 3 is 2.38 bits per heavy atom. The predicted molar refractivity (Wildman–Crippen MR) is 161 cm³/mol. The van der Waals surface area contributed by atoms with E-state index < -0.39 is 15.6 Å². The Morgan fingerprint density at radius 2 is 1.73 bits per heavy atom. The summed E-state index contributed by atoms with van der Waals surface area (Å²) in [4.78, 5) is 11.7. The minimum Gasteiger partial charge on any atom is -0.492 e. The number of rotatable bonds is 11. The number of sulfonamides is 1. The van der Waals surface area contributed by atoms with Gasteiger partial charge in [0.1, 0.15) is 18.2 Å². The van der Waals surface area contributed by atoms with Crippen molar-refractivity contribution in [2.75, 3.05) is 36.9 Å². The molecule has 0 radical (unpaired) electrons. The predicted octanol–water partition coefficient (Wildman–Crippen LogP) is 5.94. The van der Waals surface area contributed by atoms with Gasteiger partial charge < -0.3 is 15.4 Å². The molecule has 40 heavy (non-hydrogen) atoms. The highest BCUT2D eigenvalue weighted by molar-refractivity contribution is 7.89. The number of aryl methyl sites for hydroxylation is 1. The normalized spacial score (nSPS) is 14.6. The molecular formula is C30H42N6O3S. The van der Waals surface area contributed by atoms with E-state index in [9.17, 15) is 8.42 Å². The third kappa shape index (κ3) is 7.50. The van der Waals surface area contributed by atoms with Crippen LogP contribution in [0.15, 0.2) is 59.6 Å². The van der Waals surface area contributed by atoms with Gasteiger partial charge >= 0.3 is 0 Å². The van der Waals surface area contributed by atoms with Crippen LogP contribution in [0.2, 0.25) is 0 Å². The number of nitrogens with zero attached hydrogens (tertiary/aromatic N) is 4. The first kappa shape index (κ1) is 29.8. The van der Waals surface area contributed by atoms with Gasteiger partial charge in [-0.25, -0.2) is 13.4 Å². The van der Waals surface area contributed by atoms with E-state index in [1.807, 2.05) is 71.9 Å². The molecule has 0 unspecified atom stereocenters. The molecule has 0 bridgehead atoms. The van der Waals surface area contributed by atoms with E-state index >= 15 is 0 Å². The van der Waals surface area contributed by atoms with Crippen LogP contribution in [-0.2, 0) is 10.0 Å². The standard InChI is InChI=1S/C30H42N6O3S/c1-22(2)36(30(4,5)6)40(37,38)27-11-9-10-25(20-27)32-28-23(3)21-31-29(34-28)33-24-12-14-26(15-13-24)39-19-18-35-16-7-8-17-35/h9-15,20-22H,7-8,16-19H2,1-6H3,(H2,31,32,33,34). The van der Waals surface area contributed by atoms with Gasteiger partial charge in [0.25, 0.3) is 0 Å². The van der Waals surface area contributed by atoms with E-state index in [1.54, 1.807) is 28.7 Å². The first-order chi connectivity index (χ1) is 18.9. The summed E-state index contributed by atoms with van der Waals surface area (Å²) in [5.74, 6) is 1.85. The maximum Gasteiger partial charge on any atom is 0.243 e. The van der Waals surface area contributed by atoms with Crippen LogP contribution in [0.4, 0.5) is 23.1 Å². The molecule has 1 aliphatic heterocycles. The van der Waals surface area contributed by atoms with Crippen molar-refractivity contribution >= 4 is 33.2 Å². The van der Waals surface area contributed by atoms with Gasteiger partial charge in [-0.15, -0.1) is 0 Å². The van der Waals surface area contributed by atoms with Crippen molar-refractivity contribution in [3.8, 4) is 5.75 Å². The van der Waals surface area contributed by atoms with Crippen molar-refractivity contribution in [1.82, 2.24) is 19.2 Å². The number of ether oxygens (including phenoxy) is 1. The lowest BCUT2D eigenvalue weighted by Gasteiger charge is -2.37. The average Bonchev–Trinajstić information content (AvgIpc) is 3.39. The number of benzene rings is 2. The number of hydrogen-bond acceptors (Lipinski definition) is 8. The van der Waals surface area contributed by atoms with E-state index in [2.05, 4.69) is 25.5 Å². The molecular weight excluding hydrogens is 524 g/mol. The van der Waals surface area contributed by atoms with Crippen molar-refractivity contribution in [2.24, 2.45) is 0 Å². The van der Waals surface area contributed by atoms with Crippen LogP contribution in [0.25, 0.3) is 0 Å². The number of hydrogen-bond donors (Lipinski definition) is 2. The molecule has 10 heteroatoms. The van der Waals surface area contributed by atoms with Gasteiger partial charge in [-0.2, -0.15) is 9.29 Å². The topological polar surface area (TPSA) is 99.7 Å². The van der Waals surface area contributed by atoms with Crippen molar-refractivity contribution in [3.63, 3.8) is 0 Å². The summed E-state index contributed by atoms with van der Waals surface area (Å²) in [6, 6.07) is 14.4. The van der Waals surface area contributed by atoms with Gasteiger partial charge in [0, 0.05) is 41.3 Å². The van der Waals surface area contributed by atoms with Crippen LogP contribution < -0.4 is 15.4 Å². The van der Waals surface area contributed by atoms with E-state index in [1.165, 1.54) is 12.8 Å². The Kier molecular flexibility index (Phi) is 9.33. The molecule has 1 fully saturated rings. The van der Waals surface area contributed by atoms with Crippen LogP contribution in [0, 0.1) is 6.92 Å². The Labute approximate surface area is 239 Å². The first-order valence-electron chi connectivity index (χ1n) is 13.9. The Hall–Kier alpha value is -3.21. The molecule has 4 rings (SSSR count). The third-order valence-corrected chi connectivity index (χ3v) is 9.08. The van der Waals surface area contributed by atoms with Crippen molar-refractivity contribution in [1.29, 1.82) is 0 Å². The molecule has 0 saturated carbocycles. The van der Waals surface area contributed by atoms with Crippen LogP contribution in [0.5, 0.6) is 5.75 Å². The molecule has 1 saturated heterocycles. The Morgan fingerprint density at radius 1 is 1.02 bits per heavy atom. The summed E-state index contributed by atoms with van der Waals surface area (Å²) in [6.07, 6.45) is 4.29. The van der Waals surface area contributed by atoms with Crippen molar-refractivity contribution < 1.29 is 13.2 Å². The summed E-state index contributed by atoms with van der Waals surface area (Å²) in [7, 11) is -3.71. The third-order valence-electron chi connectivity index (χ3n) is 6.74. The molecule has 1 aromatic heterocycles. The van der Waals surface area contributed by atoms with Crippen LogP contribution in [0.3, 0.4) is 0 Å². The van der Waals surface area contributed by atoms with E-state index in [-0.39, 0.29) is 10.9 Å². The summed E-state index contributed by atoms with van der Waals surface area (Å²) < 4.78 is 34.5. The SMILES string of the molecule is Cc1cnc(Nc2ccc(OCCN3CCCC3)cc2)nc1Nc1cccc(S(=O)(=O)N(C(C)C)C(C)(C)C)c1. The first-order valence-corrected chi connectivity index (χ1v) is 15.3. The van der Waals surface area contributed by atoms with Gasteiger partial charge in [0.05, 0.1) is 4.90 Å². The van der Waals surface area contributed by atoms with Gasteiger partial charge in [0.15, 0.2) is 0 Å². The minimum absolute atomic E-state index is 0.185. The molecule has 9 nitrogen and oxygen atoms in total. The molecule has 2 heterocycles. The van der Waals surface area contributed by atoms with Gasteiger partial charge in [0.2, 0.25) is 16.0 Å². The fourth-order valence-electron chi connectivity index (χ4n) is 5.09. The molecule has 0 aliphatic carbocycles. The zero-order valence-electron chi connectivity index (χ0n) is 24.4. The number of nitrogens with one attached hydrogen (secondary N) is 2. The van der Waals surface area contributed by atoms with E-state index in [4.69, 9.17) is 4.74 Å². The Bertz CT molecular complexity index is 1380. The molecule has 2 N–H and O–H groups in total. The van der Waals surface area contributed by atoms with Gasteiger partial charge in [-0.1, -0.05) is 6.07 Å².